The van der Waals surface area contributed by atoms with E-state index in [0.717, 1.165) is 32.7 Å². The minimum atomic E-state index is 0.707. The molecule has 2 aromatic carbocycles. The first kappa shape index (κ1) is 17.2. The predicted octanol–water partition coefficient (Wildman–Crippen LogP) is 6.23. The molecule has 0 radical (unpaired) electrons. The van der Waals surface area contributed by atoms with E-state index in [0.29, 0.717) is 5.70 Å². The summed E-state index contributed by atoms with van der Waals surface area (Å²) >= 11 is 3.61. The highest BCUT2D eigenvalue weighted by Crippen LogP contribution is 2.39. The molecule has 4 heteroatoms. The van der Waals surface area contributed by atoms with Crippen LogP contribution in [0.2, 0.25) is 0 Å². The van der Waals surface area contributed by atoms with Crippen molar-refractivity contribution in [1.82, 2.24) is 10.2 Å². The first-order valence-corrected chi connectivity index (χ1v) is 8.80. The van der Waals surface area contributed by atoms with Crippen LogP contribution in [0.4, 0.5) is 5.82 Å². The van der Waals surface area contributed by atoms with Gasteiger partial charge in [0.1, 0.15) is 0 Å². The van der Waals surface area contributed by atoms with Gasteiger partial charge in [0, 0.05) is 15.7 Å². The lowest BCUT2D eigenvalue weighted by atomic mass is 9.95. The maximum atomic E-state index is 4.49. The molecule has 0 aliphatic carbocycles. The summed E-state index contributed by atoms with van der Waals surface area (Å²) in [7, 11) is 0. The SMILES string of the molecule is C=CC(=C)Nc1n[nH]c(-c2ccccc2)c1-c1cc(C)c(Br)cc1C. The number of nitrogens with zero attached hydrogens (tertiary/aromatic N) is 1. The third-order valence-corrected chi connectivity index (χ3v) is 4.98. The van der Waals surface area contributed by atoms with Crippen LogP contribution in [0.25, 0.3) is 22.4 Å². The van der Waals surface area contributed by atoms with Crippen LogP contribution < -0.4 is 5.32 Å². The van der Waals surface area contributed by atoms with Gasteiger partial charge in [-0.1, -0.05) is 59.4 Å². The van der Waals surface area contributed by atoms with Crippen molar-refractivity contribution in [3.8, 4) is 22.4 Å². The van der Waals surface area contributed by atoms with Gasteiger partial charge in [0.2, 0.25) is 0 Å². The van der Waals surface area contributed by atoms with Crippen LogP contribution in [0.3, 0.4) is 0 Å². The van der Waals surface area contributed by atoms with Crippen LogP contribution in [0, 0.1) is 13.8 Å². The normalized spacial score (nSPS) is 10.5. The molecule has 3 aromatic rings. The molecule has 3 nitrogen and oxygen atoms in total. The summed E-state index contributed by atoms with van der Waals surface area (Å²) in [6.45, 7) is 11.9. The van der Waals surface area contributed by atoms with Crippen molar-refractivity contribution in [2.45, 2.75) is 13.8 Å². The Morgan fingerprint density at radius 1 is 1.16 bits per heavy atom. The Morgan fingerprint density at radius 3 is 2.56 bits per heavy atom. The van der Waals surface area contributed by atoms with E-state index < -0.39 is 0 Å². The van der Waals surface area contributed by atoms with Gasteiger partial charge in [-0.05, 0) is 48.7 Å². The number of aryl methyl sites for hydroxylation is 2. The summed E-state index contributed by atoms with van der Waals surface area (Å²) in [4.78, 5) is 0. The Bertz CT molecular complexity index is 939. The molecule has 0 amide bonds. The number of benzene rings is 2. The van der Waals surface area contributed by atoms with E-state index in [1.54, 1.807) is 6.08 Å². The molecule has 3 rings (SSSR count). The molecule has 1 heterocycles. The van der Waals surface area contributed by atoms with Gasteiger partial charge in [-0.2, -0.15) is 5.10 Å². The zero-order valence-electron chi connectivity index (χ0n) is 14.4. The van der Waals surface area contributed by atoms with E-state index in [4.69, 9.17) is 0 Å². The Hall–Kier alpha value is -2.59. The maximum absolute atomic E-state index is 4.49. The zero-order chi connectivity index (χ0) is 18.0. The maximum Gasteiger partial charge on any atom is 0.160 e. The van der Waals surface area contributed by atoms with Crippen LogP contribution in [-0.2, 0) is 0 Å². The zero-order valence-corrected chi connectivity index (χ0v) is 15.9. The molecule has 0 unspecified atom stereocenters. The molecule has 25 heavy (non-hydrogen) atoms. The quantitative estimate of drug-likeness (QED) is 0.504. The van der Waals surface area contributed by atoms with Crippen molar-refractivity contribution in [2.24, 2.45) is 0 Å². The highest BCUT2D eigenvalue weighted by molar-refractivity contribution is 9.10. The smallest absolute Gasteiger partial charge is 0.160 e. The van der Waals surface area contributed by atoms with Gasteiger partial charge in [-0.15, -0.1) is 0 Å². The Labute approximate surface area is 156 Å². The van der Waals surface area contributed by atoms with Crippen molar-refractivity contribution in [3.63, 3.8) is 0 Å². The van der Waals surface area contributed by atoms with Gasteiger partial charge in [0.25, 0.3) is 0 Å². The van der Waals surface area contributed by atoms with Gasteiger partial charge in [-0.3, -0.25) is 5.10 Å². The monoisotopic (exact) mass is 393 g/mol. The Balaban J connectivity index is 2.25. The summed E-state index contributed by atoms with van der Waals surface area (Å²) in [5.41, 5.74) is 7.28. The van der Waals surface area contributed by atoms with Gasteiger partial charge in [-0.25, -0.2) is 0 Å². The van der Waals surface area contributed by atoms with Gasteiger partial charge < -0.3 is 5.32 Å². The van der Waals surface area contributed by atoms with Crippen molar-refractivity contribution in [3.05, 3.63) is 83.0 Å². The molecule has 0 bridgehead atoms. The molecule has 0 aliphatic heterocycles. The summed E-state index contributed by atoms with van der Waals surface area (Å²) in [5, 5.41) is 10.9. The lowest BCUT2D eigenvalue weighted by Crippen LogP contribution is -1.98. The summed E-state index contributed by atoms with van der Waals surface area (Å²) < 4.78 is 1.10. The highest BCUT2D eigenvalue weighted by Gasteiger charge is 2.19. The van der Waals surface area contributed by atoms with Gasteiger partial charge in [0.05, 0.1) is 11.3 Å². The lowest BCUT2D eigenvalue weighted by Gasteiger charge is -2.13. The lowest BCUT2D eigenvalue weighted by molar-refractivity contribution is 1.09. The summed E-state index contributed by atoms with van der Waals surface area (Å²) in [6.07, 6.45) is 1.68. The molecule has 1 aromatic heterocycles. The number of anilines is 1. The topological polar surface area (TPSA) is 40.7 Å². The molecule has 0 aliphatic rings. The highest BCUT2D eigenvalue weighted by atomic mass is 79.9. The average molecular weight is 394 g/mol. The fraction of sp³-hybridized carbons (Fsp3) is 0.0952. The van der Waals surface area contributed by atoms with E-state index in [-0.39, 0.29) is 0 Å². The number of aromatic nitrogens is 2. The summed E-state index contributed by atoms with van der Waals surface area (Å²) in [5.74, 6) is 0.744. The van der Waals surface area contributed by atoms with Crippen molar-refractivity contribution in [1.29, 1.82) is 0 Å². The van der Waals surface area contributed by atoms with Crippen molar-refractivity contribution in [2.75, 3.05) is 5.32 Å². The molecule has 0 saturated heterocycles. The average Bonchev–Trinajstić information content (AvgIpc) is 3.02. The first-order chi connectivity index (χ1) is 12.0. The van der Waals surface area contributed by atoms with Crippen LogP contribution in [0.15, 0.2) is 71.9 Å². The number of aromatic amines is 1. The van der Waals surface area contributed by atoms with E-state index in [9.17, 15) is 0 Å². The van der Waals surface area contributed by atoms with E-state index in [1.807, 2.05) is 18.2 Å². The molecular weight excluding hydrogens is 374 g/mol. The first-order valence-electron chi connectivity index (χ1n) is 8.00. The fourth-order valence-electron chi connectivity index (χ4n) is 2.76. The Morgan fingerprint density at radius 2 is 1.88 bits per heavy atom. The molecule has 2 N–H and O–H groups in total. The molecule has 126 valence electrons. The minimum absolute atomic E-state index is 0.707. The number of hydrogen-bond acceptors (Lipinski definition) is 2. The molecular formula is C21H20BrN3. The second-order valence-electron chi connectivity index (χ2n) is 5.96. The van der Waals surface area contributed by atoms with Crippen molar-refractivity contribution < 1.29 is 0 Å². The van der Waals surface area contributed by atoms with E-state index >= 15 is 0 Å². The van der Waals surface area contributed by atoms with E-state index in [1.165, 1.54) is 11.1 Å². The van der Waals surface area contributed by atoms with Crippen LogP contribution >= 0.6 is 15.9 Å². The fourth-order valence-corrected chi connectivity index (χ4v) is 3.22. The standard InChI is InChI=1S/C21H20BrN3/c1-5-15(4)23-21-19(17-11-14(3)18(22)12-13(17)2)20(24-25-21)16-9-7-6-8-10-16/h5-12H,1,4H2,2-3H3,(H2,23,24,25). The molecule has 0 atom stereocenters. The third-order valence-electron chi connectivity index (χ3n) is 4.13. The second kappa shape index (κ2) is 7.11. The number of H-pyrrole nitrogens is 1. The number of rotatable bonds is 5. The van der Waals surface area contributed by atoms with Gasteiger partial charge >= 0.3 is 0 Å². The van der Waals surface area contributed by atoms with Crippen molar-refractivity contribution >= 4 is 21.7 Å². The summed E-state index contributed by atoms with van der Waals surface area (Å²) in [6, 6.07) is 14.5. The minimum Gasteiger partial charge on any atom is -0.339 e. The Kier molecular flexibility index (Phi) is 4.91. The van der Waals surface area contributed by atoms with Crippen LogP contribution in [0.1, 0.15) is 11.1 Å². The number of hydrogen-bond donors (Lipinski definition) is 2. The molecule has 0 fully saturated rings. The molecule has 0 saturated carbocycles. The van der Waals surface area contributed by atoms with Crippen LogP contribution in [-0.4, -0.2) is 10.2 Å². The van der Waals surface area contributed by atoms with E-state index in [2.05, 4.69) is 82.7 Å². The second-order valence-corrected chi connectivity index (χ2v) is 6.81. The van der Waals surface area contributed by atoms with Gasteiger partial charge in [0.15, 0.2) is 5.82 Å². The number of nitrogens with one attached hydrogen (secondary N) is 2. The number of allylic oxidation sites excluding steroid dienone is 1. The van der Waals surface area contributed by atoms with Crippen LogP contribution in [0.5, 0.6) is 0 Å². The largest absolute Gasteiger partial charge is 0.339 e. The third kappa shape index (κ3) is 3.44. The number of halogens is 1. The predicted molar refractivity (Wildman–Crippen MR) is 110 cm³/mol. The molecule has 0 spiro atoms.